The van der Waals surface area contributed by atoms with Gasteiger partial charge < -0.3 is 5.32 Å². The predicted octanol–water partition coefficient (Wildman–Crippen LogP) is 2.31. The van der Waals surface area contributed by atoms with E-state index in [2.05, 4.69) is 47.3 Å². The fourth-order valence-electron chi connectivity index (χ4n) is 1.57. The van der Waals surface area contributed by atoms with E-state index in [9.17, 15) is 4.79 Å². The standard InChI is InChI=1S/C12H12Br2N4O/c1-18-7-16-11(17-18)2-3-15-12(19)8-4-9(13)6-10(14)5-8/h4-7H,2-3H2,1H3,(H,15,19). The number of carbonyl (C=O) groups is 1. The minimum atomic E-state index is -0.113. The Bertz CT molecular complexity index is 577. The summed E-state index contributed by atoms with van der Waals surface area (Å²) in [6.07, 6.45) is 2.25. The van der Waals surface area contributed by atoms with Gasteiger partial charge in [0.05, 0.1) is 0 Å². The second-order valence-electron chi connectivity index (χ2n) is 4.00. The molecule has 0 spiro atoms. The highest BCUT2D eigenvalue weighted by atomic mass is 79.9. The van der Waals surface area contributed by atoms with E-state index in [1.54, 1.807) is 23.1 Å². The number of aromatic nitrogens is 3. The summed E-state index contributed by atoms with van der Waals surface area (Å²) < 4.78 is 3.36. The van der Waals surface area contributed by atoms with Gasteiger partial charge in [-0.25, -0.2) is 4.98 Å². The molecule has 0 aliphatic heterocycles. The van der Waals surface area contributed by atoms with E-state index in [0.29, 0.717) is 18.5 Å². The van der Waals surface area contributed by atoms with Crippen LogP contribution in [0.5, 0.6) is 0 Å². The number of hydrogen-bond donors (Lipinski definition) is 1. The van der Waals surface area contributed by atoms with Gasteiger partial charge in [-0.3, -0.25) is 9.48 Å². The Kier molecular flexibility index (Phi) is 4.71. The minimum Gasteiger partial charge on any atom is -0.352 e. The molecule has 0 aliphatic rings. The van der Waals surface area contributed by atoms with E-state index in [1.807, 2.05) is 13.1 Å². The number of nitrogens with zero attached hydrogens (tertiary/aromatic N) is 3. The number of benzene rings is 1. The third kappa shape index (κ3) is 4.14. The zero-order valence-corrected chi connectivity index (χ0v) is 13.4. The van der Waals surface area contributed by atoms with Gasteiger partial charge in [0.1, 0.15) is 6.33 Å². The molecule has 0 atom stereocenters. The Labute approximate surface area is 127 Å². The molecule has 1 heterocycles. The number of amides is 1. The third-order valence-electron chi connectivity index (χ3n) is 2.41. The molecule has 0 bridgehead atoms. The maximum Gasteiger partial charge on any atom is 0.251 e. The van der Waals surface area contributed by atoms with Crippen LogP contribution in [-0.2, 0) is 13.5 Å². The largest absolute Gasteiger partial charge is 0.352 e. The molecule has 5 nitrogen and oxygen atoms in total. The lowest BCUT2D eigenvalue weighted by atomic mass is 10.2. The summed E-state index contributed by atoms with van der Waals surface area (Å²) in [6, 6.07) is 5.44. The lowest BCUT2D eigenvalue weighted by molar-refractivity contribution is 0.0954. The van der Waals surface area contributed by atoms with Gasteiger partial charge in [-0.05, 0) is 18.2 Å². The minimum absolute atomic E-state index is 0.113. The Morgan fingerprint density at radius 2 is 2.00 bits per heavy atom. The molecule has 2 rings (SSSR count). The molecule has 0 radical (unpaired) electrons. The maximum atomic E-state index is 11.9. The highest BCUT2D eigenvalue weighted by molar-refractivity contribution is 9.11. The van der Waals surface area contributed by atoms with Crippen molar-refractivity contribution in [3.05, 3.63) is 44.9 Å². The molecule has 0 saturated heterocycles. The van der Waals surface area contributed by atoms with E-state index in [0.717, 1.165) is 14.8 Å². The monoisotopic (exact) mass is 386 g/mol. The summed E-state index contributed by atoms with van der Waals surface area (Å²) in [6.45, 7) is 0.507. The Balaban J connectivity index is 1.90. The zero-order valence-electron chi connectivity index (χ0n) is 10.2. The molecule has 1 amide bonds. The van der Waals surface area contributed by atoms with E-state index in [4.69, 9.17) is 0 Å². The molecular weight excluding hydrogens is 376 g/mol. The van der Waals surface area contributed by atoms with Crippen LogP contribution in [0.1, 0.15) is 16.2 Å². The van der Waals surface area contributed by atoms with Gasteiger partial charge in [0.25, 0.3) is 5.91 Å². The summed E-state index contributed by atoms with van der Waals surface area (Å²) in [5, 5.41) is 6.99. The molecule has 100 valence electrons. The Morgan fingerprint density at radius 3 is 2.58 bits per heavy atom. The zero-order chi connectivity index (χ0) is 13.8. The van der Waals surface area contributed by atoms with E-state index in [1.165, 1.54) is 0 Å². The maximum absolute atomic E-state index is 11.9. The van der Waals surface area contributed by atoms with Crippen LogP contribution < -0.4 is 5.32 Å². The number of carbonyl (C=O) groups excluding carboxylic acids is 1. The molecular formula is C12H12Br2N4O. The molecule has 0 saturated carbocycles. The first-order valence-electron chi connectivity index (χ1n) is 5.63. The molecule has 19 heavy (non-hydrogen) atoms. The summed E-state index contributed by atoms with van der Waals surface area (Å²) >= 11 is 6.71. The normalized spacial score (nSPS) is 10.5. The van der Waals surface area contributed by atoms with Crippen LogP contribution in [-0.4, -0.2) is 27.2 Å². The van der Waals surface area contributed by atoms with Gasteiger partial charge in [-0.1, -0.05) is 31.9 Å². The molecule has 1 aromatic carbocycles. The van der Waals surface area contributed by atoms with Crippen molar-refractivity contribution in [2.45, 2.75) is 6.42 Å². The third-order valence-corrected chi connectivity index (χ3v) is 3.32. The highest BCUT2D eigenvalue weighted by Gasteiger charge is 2.07. The second kappa shape index (κ2) is 6.29. The van der Waals surface area contributed by atoms with Crippen LogP contribution in [0.3, 0.4) is 0 Å². The predicted molar refractivity (Wildman–Crippen MR) is 78.9 cm³/mol. The van der Waals surface area contributed by atoms with E-state index >= 15 is 0 Å². The van der Waals surface area contributed by atoms with Crippen molar-refractivity contribution in [3.63, 3.8) is 0 Å². The van der Waals surface area contributed by atoms with Gasteiger partial charge in [-0.15, -0.1) is 0 Å². The smallest absolute Gasteiger partial charge is 0.251 e. The highest BCUT2D eigenvalue weighted by Crippen LogP contribution is 2.19. The fourth-order valence-corrected chi connectivity index (χ4v) is 2.87. The molecule has 7 heteroatoms. The molecule has 0 fully saturated rings. The van der Waals surface area contributed by atoms with Crippen LogP contribution >= 0.6 is 31.9 Å². The van der Waals surface area contributed by atoms with Crippen LogP contribution in [0.4, 0.5) is 0 Å². The number of aryl methyl sites for hydroxylation is 1. The van der Waals surface area contributed by atoms with Gasteiger partial charge in [0.15, 0.2) is 5.82 Å². The van der Waals surface area contributed by atoms with Gasteiger partial charge in [0, 0.05) is 34.5 Å². The molecule has 0 unspecified atom stereocenters. The van der Waals surface area contributed by atoms with Crippen LogP contribution in [0.25, 0.3) is 0 Å². The van der Waals surface area contributed by atoms with Crippen molar-refractivity contribution in [2.24, 2.45) is 7.05 Å². The fraction of sp³-hybridized carbons (Fsp3) is 0.250. The molecule has 1 aromatic heterocycles. The Hall–Kier alpha value is -1.21. The summed E-state index contributed by atoms with van der Waals surface area (Å²) in [5.74, 6) is 0.608. The van der Waals surface area contributed by atoms with Gasteiger partial charge in [0.2, 0.25) is 0 Å². The van der Waals surface area contributed by atoms with Crippen molar-refractivity contribution in [1.29, 1.82) is 0 Å². The van der Waals surface area contributed by atoms with Gasteiger partial charge in [-0.2, -0.15) is 5.10 Å². The van der Waals surface area contributed by atoms with Crippen molar-refractivity contribution in [3.8, 4) is 0 Å². The summed E-state index contributed by atoms with van der Waals surface area (Å²) in [4.78, 5) is 16.0. The quantitative estimate of drug-likeness (QED) is 0.875. The number of nitrogens with one attached hydrogen (secondary N) is 1. The first kappa shape index (κ1) is 14.2. The van der Waals surface area contributed by atoms with E-state index in [-0.39, 0.29) is 5.91 Å². The lowest BCUT2D eigenvalue weighted by Gasteiger charge is -2.05. The van der Waals surface area contributed by atoms with Gasteiger partial charge >= 0.3 is 0 Å². The SMILES string of the molecule is Cn1cnc(CCNC(=O)c2cc(Br)cc(Br)c2)n1. The van der Waals surface area contributed by atoms with Crippen LogP contribution in [0.2, 0.25) is 0 Å². The second-order valence-corrected chi connectivity index (χ2v) is 5.83. The number of hydrogen-bond acceptors (Lipinski definition) is 3. The Morgan fingerprint density at radius 1 is 1.32 bits per heavy atom. The van der Waals surface area contributed by atoms with Crippen molar-refractivity contribution in [2.75, 3.05) is 6.54 Å². The van der Waals surface area contributed by atoms with Crippen LogP contribution in [0.15, 0.2) is 33.5 Å². The first-order valence-corrected chi connectivity index (χ1v) is 7.22. The van der Waals surface area contributed by atoms with Crippen LogP contribution in [0, 0.1) is 0 Å². The summed E-state index contributed by atoms with van der Waals surface area (Å²) in [5.41, 5.74) is 0.607. The number of halogens is 2. The van der Waals surface area contributed by atoms with Crippen molar-refractivity contribution >= 4 is 37.8 Å². The molecule has 2 aromatic rings. The topological polar surface area (TPSA) is 59.8 Å². The lowest BCUT2D eigenvalue weighted by Crippen LogP contribution is -2.26. The molecule has 0 aliphatic carbocycles. The summed E-state index contributed by atoms with van der Waals surface area (Å²) in [7, 11) is 1.81. The average molecular weight is 388 g/mol. The first-order chi connectivity index (χ1) is 9.04. The van der Waals surface area contributed by atoms with Crippen molar-refractivity contribution in [1.82, 2.24) is 20.1 Å². The number of rotatable bonds is 4. The average Bonchev–Trinajstić information content (AvgIpc) is 2.73. The van der Waals surface area contributed by atoms with Crippen molar-refractivity contribution < 1.29 is 4.79 Å². The molecule has 1 N–H and O–H groups in total. The van der Waals surface area contributed by atoms with E-state index < -0.39 is 0 Å².